The summed E-state index contributed by atoms with van der Waals surface area (Å²) in [5.74, 6) is 0.846. The molecule has 1 amide bonds. The van der Waals surface area contributed by atoms with E-state index in [-0.39, 0.29) is 18.4 Å². The van der Waals surface area contributed by atoms with Crippen LogP contribution in [0, 0.1) is 5.92 Å². The molecule has 0 saturated carbocycles. The second-order valence-corrected chi connectivity index (χ2v) is 10.1. The van der Waals surface area contributed by atoms with Crippen molar-refractivity contribution >= 4 is 27.3 Å². The normalized spacial score (nSPS) is 17.7. The molecular formula is C20H26N2O5S2. The Morgan fingerprint density at radius 3 is 2.66 bits per heavy atom. The number of rotatable bonds is 7. The molecule has 1 fully saturated rings. The van der Waals surface area contributed by atoms with Crippen molar-refractivity contribution in [3.63, 3.8) is 0 Å². The molecule has 158 valence electrons. The van der Waals surface area contributed by atoms with Crippen LogP contribution < -0.4 is 9.47 Å². The number of benzene rings is 1. The van der Waals surface area contributed by atoms with Gasteiger partial charge in [-0.3, -0.25) is 4.79 Å². The number of piperidine rings is 1. The van der Waals surface area contributed by atoms with Gasteiger partial charge in [-0.2, -0.15) is 4.31 Å². The first kappa shape index (κ1) is 21.6. The molecule has 9 heteroatoms. The molecule has 29 heavy (non-hydrogen) atoms. The number of carbonyl (C=O) groups is 1. The summed E-state index contributed by atoms with van der Waals surface area (Å²) in [5, 5.41) is 1.75. The average Bonchev–Trinajstić information content (AvgIpc) is 3.29. The van der Waals surface area contributed by atoms with E-state index in [9.17, 15) is 13.2 Å². The van der Waals surface area contributed by atoms with Crippen molar-refractivity contribution in [3.05, 3.63) is 41.3 Å². The minimum absolute atomic E-state index is 0.0501. The number of methoxy groups -OCH3 is 2. The van der Waals surface area contributed by atoms with Gasteiger partial charge in [-0.1, -0.05) is 12.1 Å². The third-order valence-corrected chi connectivity index (χ3v) is 8.30. The fraction of sp³-hybridized carbons (Fsp3) is 0.450. The lowest BCUT2D eigenvalue weighted by Crippen LogP contribution is -2.45. The smallest absolute Gasteiger partial charge is 0.252 e. The molecule has 1 aromatic carbocycles. The zero-order valence-electron chi connectivity index (χ0n) is 16.8. The number of amides is 1. The number of nitrogens with zero attached hydrogens (tertiary/aromatic N) is 2. The van der Waals surface area contributed by atoms with Crippen LogP contribution in [0.25, 0.3) is 0 Å². The van der Waals surface area contributed by atoms with Crippen LogP contribution in [0.5, 0.6) is 11.5 Å². The van der Waals surface area contributed by atoms with Crippen LogP contribution in [-0.4, -0.2) is 57.9 Å². The Balaban J connectivity index is 1.68. The van der Waals surface area contributed by atoms with Crippen LogP contribution in [0.15, 0.2) is 39.9 Å². The molecular weight excluding hydrogens is 412 g/mol. The number of ether oxygens (including phenoxy) is 2. The maximum absolute atomic E-state index is 13.0. The summed E-state index contributed by atoms with van der Waals surface area (Å²) < 4.78 is 37.9. The van der Waals surface area contributed by atoms with Gasteiger partial charge in [0.25, 0.3) is 10.0 Å². The highest BCUT2D eigenvalue weighted by molar-refractivity contribution is 7.91. The minimum Gasteiger partial charge on any atom is -0.493 e. The molecule has 0 unspecified atom stereocenters. The summed E-state index contributed by atoms with van der Waals surface area (Å²) in [4.78, 5) is 14.6. The van der Waals surface area contributed by atoms with E-state index in [1.165, 1.54) is 15.6 Å². The van der Waals surface area contributed by atoms with Gasteiger partial charge in [0.1, 0.15) is 4.21 Å². The van der Waals surface area contributed by atoms with Crippen molar-refractivity contribution in [1.29, 1.82) is 0 Å². The molecule has 7 nitrogen and oxygen atoms in total. The van der Waals surface area contributed by atoms with E-state index >= 15 is 0 Å². The fourth-order valence-corrected chi connectivity index (χ4v) is 6.21. The number of thiophene rings is 1. The molecule has 1 aliphatic heterocycles. The molecule has 1 aliphatic rings. The number of carbonyl (C=O) groups excluding carboxylic acids is 1. The third kappa shape index (κ3) is 4.73. The first-order valence-electron chi connectivity index (χ1n) is 9.36. The van der Waals surface area contributed by atoms with Crippen molar-refractivity contribution in [2.24, 2.45) is 5.92 Å². The van der Waals surface area contributed by atoms with Crippen LogP contribution in [0.1, 0.15) is 18.4 Å². The monoisotopic (exact) mass is 438 g/mol. The van der Waals surface area contributed by atoms with E-state index in [0.29, 0.717) is 41.6 Å². The fourth-order valence-electron chi connectivity index (χ4n) is 3.54. The van der Waals surface area contributed by atoms with Gasteiger partial charge >= 0.3 is 0 Å². The highest BCUT2D eigenvalue weighted by atomic mass is 32.2. The van der Waals surface area contributed by atoms with Crippen LogP contribution in [-0.2, 0) is 21.4 Å². The van der Waals surface area contributed by atoms with E-state index in [4.69, 9.17) is 9.47 Å². The van der Waals surface area contributed by atoms with E-state index in [2.05, 4.69) is 0 Å². The van der Waals surface area contributed by atoms with Gasteiger partial charge in [-0.05, 0) is 42.0 Å². The predicted molar refractivity (Wildman–Crippen MR) is 112 cm³/mol. The quantitative estimate of drug-likeness (QED) is 0.664. The zero-order valence-corrected chi connectivity index (χ0v) is 18.5. The third-order valence-electron chi connectivity index (χ3n) is 5.07. The molecule has 0 N–H and O–H groups in total. The Labute approximate surface area is 175 Å². The Morgan fingerprint density at radius 1 is 1.24 bits per heavy atom. The second-order valence-electron chi connectivity index (χ2n) is 7.02. The maximum Gasteiger partial charge on any atom is 0.252 e. The number of hydrogen-bond donors (Lipinski definition) is 0. The van der Waals surface area contributed by atoms with Gasteiger partial charge in [0.15, 0.2) is 11.5 Å². The Morgan fingerprint density at radius 2 is 2.00 bits per heavy atom. The standard InChI is InChI=1S/C20H26N2O5S2/c1-21(13-15-8-9-17(26-2)18(12-15)27-3)20(23)16-6-4-10-22(14-16)29(24,25)19-7-5-11-28-19/h5,7-9,11-12,16H,4,6,10,13-14H2,1-3H3/t16-/m1/s1. The lowest BCUT2D eigenvalue weighted by atomic mass is 9.98. The summed E-state index contributed by atoms with van der Waals surface area (Å²) in [7, 11) is 1.35. The van der Waals surface area contributed by atoms with E-state index < -0.39 is 10.0 Å². The van der Waals surface area contributed by atoms with Gasteiger partial charge in [0.05, 0.1) is 20.1 Å². The molecule has 0 radical (unpaired) electrons. The lowest BCUT2D eigenvalue weighted by molar-refractivity contribution is -0.135. The van der Waals surface area contributed by atoms with E-state index in [1.54, 1.807) is 43.7 Å². The molecule has 1 atom stereocenters. The molecule has 1 saturated heterocycles. The van der Waals surface area contributed by atoms with Crippen LogP contribution in [0.2, 0.25) is 0 Å². The SMILES string of the molecule is COc1ccc(CN(C)C(=O)[C@@H]2CCCN(S(=O)(=O)c3cccs3)C2)cc1OC. The van der Waals surface area contributed by atoms with Gasteiger partial charge in [-0.25, -0.2) is 8.42 Å². The largest absolute Gasteiger partial charge is 0.493 e. The highest BCUT2D eigenvalue weighted by Gasteiger charge is 2.34. The Bertz CT molecular complexity index is 944. The Hall–Kier alpha value is -2.10. The summed E-state index contributed by atoms with van der Waals surface area (Å²) in [6.07, 6.45) is 1.36. The molecule has 2 heterocycles. The van der Waals surface area contributed by atoms with Crippen molar-refractivity contribution in [3.8, 4) is 11.5 Å². The average molecular weight is 439 g/mol. The molecule has 1 aromatic heterocycles. The first-order chi connectivity index (χ1) is 13.9. The number of sulfonamides is 1. The first-order valence-corrected chi connectivity index (χ1v) is 11.7. The molecule has 2 aromatic rings. The van der Waals surface area contributed by atoms with Gasteiger partial charge in [0.2, 0.25) is 5.91 Å². The van der Waals surface area contributed by atoms with Gasteiger partial charge in [-0.15, -0.1) is 11.3 Å². The van der Waals surface area contributed by atoms with Gasteiger partial charge in [0, 0.05) is 26.7 Å². The summed E-state index contributed by atoms with van der Waals surface area (Å²) in [6, 6.07) is 8.87. The topological polar surface area (TPSA) is 76.2 Å². The van der Waals surface area contributed by atoms with Crippen molar-refractivity contribution in [1.82, 2.24) is 9.21 Å². The number of hydrogen-bond acceptors (Lipinski definition) is 6. The van der Waals surface area contributed by atoms with E-state index in [0.717, 1.165) is 5.56 Å². The lowest BCUT2D eigenvalue weighted by Gasteiger charge is -2.33. The molecule has 0 bridgehead atoms. The van der Waals surface area contributed by atoms with E-state index in [1.807, 2.05) is 18.2 Å². The summed E-state index contributed by atoms with van der Waals surface area (Å²) >= 11 is 1.20. The molecule has 0 spiro atoms. The van der Waals surface area contributed by atoms with Crippen LogP contribution in [0.3, 0.4) is 0 Å². The van der Waals surface area contributed by atoms with Gasteiger partial charge < -0.3 is 14.4 Å². The predicted octanol–water partition coefficient (Wildman–Crippen LogP) is 2.82. The van der Waals surface area contributed by atoms with Crippen molar-refractivity contribution in [2.75, 3.05) is 34.4 Å². The minimum atomic E-state index is -3.54. The molecule has 0 aliphatic carbocycles. The van der Waals surface area contributed by atoms with Crippen molar-refractivity contribution in [2.45, 2.75) is 23.6 Å². The second kappa shape index (κ2) is 9.15. The van der Waals surface area contributed by atoms with Crippen LogP contribution in [0.4, 0.5) is 0 Å². The van der Waals surface area contributed by atoms with Crippen LogP contribution >= 0.6 is 11.3 Å². The maximum atomic E-state index is 13.0. The molecule has 3 rings (SSSR count). The zero-order chi connectivity index (χ0) is 21.0. The summed E-state index contributed by atoms with van der Waals surface area (Å²) in [6.45, 7) is 1.08. The van der Waals surface area contributed by atoms with Crippen molar-refractivity contribution < 1.29 is 22.7 Å². The highest BCUT2D eigenvalue weighted by Crippen LogP contribution is 2.29. The Kier molecular flexibility index (Phi) is 6.81. The summed E-state index contributed by atoms with van der Waals surface area (Å²) in [5.41, 5.74) is 0.914.